The summed E-state index contributed by atoms with van der Waals surface area (Å²) in [6.07, 6.45) is 1.72. The molecule has 2 aromatic rings. The maximum atomic E-state index is 13.2. The summed E-state index contributed by atoms with van der Waals surface area (Å²) in [6.45, 7) is 4.12. The van der Waals surface area contributed by atoms with E-state index in [0.717, 1.165) is 31.0 Å². The summed E-state index contributed by atoms with van der Waals surface area (Å²) < 4.78 is 58.4. The molecule has 1 saturated heterocycles. The molecule has 0 amide bonds. The van der Waals surface area contributed by atoms with Gasteiger partial charge in [-0.15, -0.1) is 0 Å². The van der Waals surface area contributed by atoms with E-state index < -0.39 is 21.7 Å². The first kappa shape index (κ1) is 18.7. The summed E-state index contributed by atoms with van der Waals surface area (Å²) in [5, 5.41) is 0. The number of nitrogens with one attached hydrogen (secondary N) is 1. The van der Waals surface area contributed by atoms with Crippen LogP contribution in [0.1, 0.15) is 12.5 Å². The second-order valence-electron chi connectivity index (χ2n) is 6.05. The van der Waals surface area contributed by atoms with Crippen molar-refractivity contribution in [3.8, 4) is 0 Å². The first-order valence-corrected chi connectivity index (χ1v) is 9.60. The number of hydrogen-bond donors (Lipinski definition) is 1. The number of sulfonamides is 1. The molecule has 140 valence electrons. The molecule has 2 heterocycles. The van der Waals surface area contributed by atoms with Gasteiger partial charge in [0.25, 0.3) is 0 Å². The fourth-order valence-electron chi connectivity index (χ4n) is 2.64. The molecule has 9 heteroatoms. The normalized spacial score (nSPS) is 18.1. The van der Waals surface area contributed by atoms with Gasteiger partial charge in [0, 0.05) is 25.8 Å². The summed E-state index contributed by atoms with van der Waals surface area (Å²) in [4.78, 5) is 6.13. The molecule has 1 N–H and O–H groups in total. The number of rotatable bonds is 5. The van der Waals surface area contributed by atoms with Gasteiger partial charge in [0.2, 0.25) is 10.0 Å². The average molecular weight is 383 g/mol. The van der Waals surface area contributed by atoms with Gasteiger partial charge in [0.15, 0.2) is 11.6 Å². The molecule has 1 atom stereocenters. The van der Waals surface area contributed by atoms with Crippen molar-refractivity contribution < 1.29 is 21.9 Å². The molecule has 1 aliphatic rings. The fourth-order valence-corrected chi connectivity index (χ4v) is 3.67. The van der Waals surface area contributed by atoms with Gasteiger partial charge in [-0.2, -0.15) is 0 Å². The molecule has 1 aromatic carbocycles. The highest BCUT2D eigenvalue weighted by atomic mass is 32.2. The third kappa shape index (κ3) is 4.35. The zero-order valence-electron chi connectivity index (χ0n) is 14.2. The van der Waals surface area contributed by atoms with Crippen LogP contribution in [0.5, 0.6) is 0 Å². The lowest BCUT2D eigenvalue weighted by Crippen LogP contribution is -2.41. The fraction of sp³-hybridized carbons (Fsp3) is 0.353. The lowest BCUT2D eigenvalue weighted by atomic mass is 10.2. The molecule has 1 unspecified atom stereocenters. The van der Waals surface area contributed by atoms with Crippen LogP contribution in [0.3, 0.4) is 0 Å². The summed E-state index contributed by atoms with van der Waals surface area (Å²) in [7, 11) is -3.95. The molecular weight excluding hydrogens is 364 g/mol. The predicted molar refractivity (Wildman–Crippen MR) is 92.2 cm³/mol. The van der Waals surface area contributed by atoms with Crippen LogP contribution in [0.4, 0.5) is 14.6 Å². The van der Waals surface area contributed by atoms with E-state index in [9.17, 15) is 17.2 Å². The molecule has 6 nitrogen and oxygen atoms in total. The van der Waals surface area contributed by atoms with Crippen molar-refractivity contribution in [2.45, 2.75) is 24.5 Å². The maximum Gasteiger partial charge on any atom is 0.240 e. The van der Waals surface area contributed by atoms with E-state index in [1.54, 1.807) is 12.3 Å². The van der Waals surface area contributed by atoms with Gasteiger partial charge in [-0.1, -0.05) is 6.07 Å². The molecular formula is C17H19F2N3O3S. The van der Waals surface area contributed by atoms with Gasteiger partial charge >= 0.3 is 0 Å². The van der Waals surface area contributed by atoms with Crippen molar-refractivity contribution in [1.29, 1.82) is 0 Å². The Kier molecular flexibility index (Phi) is 5.49. The van der Waals surface area contributed by atoms with Crippen LogP contribution in [-0.4, -0.2) is 39.2 Å². The average Bonchev–Trinajstić information content (AvgIpc) is 2.63. The van der Waals surface area contributed by atoms with E-state index in [1.807, 2.05) is 13.0 Å². The van der Waals surface area contributed by atoms with Crippen LogP contribution in [0, 0.1) is 11.6 Å². The van der Waals surface area contributed by atoms with E-state index in [2.05, 4.69) is 14.6 Å². The standard InChI is InChI=1S/C17H19F2N3O3S/c1-12-11-22(6-7-25-12)17-5-2-13(9-20-17)10-21-26(23,24)14-3-4-15(18)16(19)8-14/h2-5,8-9,12,21H,6-7,10-11H2,1H3. The molecule has 1 fully saturated rings. The number of anilines is 1. The summed E-state index contributed by atoms with van der Waals surface area (Å²) in [5.41, 5.74) is 0.654. The van der Waals surface area contributed by atoms with Crippen LogP contribution in [0.15, 0.2) is 41.4 Å². The van der Waals surface area contributed by atoms with Crippen molar-refractivity contribution >= 4 is 15.8 Å². The van der Waals surface area contributed by atoms with Gasteiger partial charge in [-0.05, 0) is 36.8 Å². The molecule has 0 aliphatic carbocycles. The molecule has 0 saturated carbocycles. The third-order valence-electron chi connectivity index (χ3n) is 4.04. The minimum Gasteiger partial charge on any atom is -0.375 e. The third-order valence-corrected chi connectivity index (χ3v) is 5.44. The van der Waals surface area contributed by atoms with Crippen molar-refractivity contribution in [1.82, 2.24) is 9.71 Å². The SMILES string of the molecule is CC1CN(c2ccc(CNS(=O)(=O)c3ccc(F)c(F)c3)cn2)CCO1. The lowest BCUT2D eigenvalue weighted by molar-refractivity contribution is 0.0529. The van der Waals surface area contributed by atoms with Crippen LogP contribution in [0.2, 0.25) is 0 Å². The van der Waals surface area contributed by atoms with Crippen molar-refractivity contribution in [2.75, 3.05) is 24.6 Å². The van der Waals surface area contributed by atoms with E-state index in [1.165, 1.54) is 0 Å². The second kappa shape index (κ2) is 7.65. The number of aromatic nitrogens is 1. The zero-order valence-corrected chi connectivity index (χ0v) is 15.0. The monoisotopic (exact) mass is 383 g/mol. The van der Waals surface area contributed by atoms with Crippen LogP contribution < -0.4 is 9.62 Å². The highest BCUT2D eigenvalue weighted by molar-refractivity contribution is 7.89. The minimum atomic E-state index is -3.95. The molecule has 0 bridgehead atoms. The Morgan fingerprint density at radius 1 is 1.27 bits per heavy atom. The molecule has 1 aromatic heterocycles. The predicted octanol–water partition coefficient (Wildman–Crippen LogP) is 2.06. The Morgan fingerprint density at radius 3 is 2.73 bits per heavy atom. The Labute approximate surface area is 150 Å². The van der Waals surface area contributed by atoms with Crippen molar-refractivity contribution in [3.63, 3.8) is 0 Å². The Morgan fingerprint density at radius 2 is 2.08 bits per heavy atom. The number of nitrogens with zero attached hydrogens (tertiary/aromatic N) is 2. The zero-order chi connectivity index (χ0) is 18.7. The van der Waals surface area contributed by atoms with Gasteiger partial charge in [0.05, 0.1) is 17.6 Å². The Hall–Kier alpha value is -2.10. The minimum absolute atomic E-state index is 0.00583. The molecule has 0 radical (unpaired) electrons. The molecule has 26 heavy (non-hydrogen) atoms. The first-order valence-electron chi connectivity index (χ1n) is 8.11. The number of ether oxygens (including phenoxy) is 1. The number of hydrogen-bond acceptors (Lipinski definition) is 5. The van der Waals surface area contributed by atoms with Gasteiger partial charge in [0.1, 0.15) is 5.82 Å². The molecule has 1 aliphatic heterocycles. The van der Waals surface area contributed by atoms with E-state index in [-0.39, 0.29) is 17.5 Å². The van der Waals surface area contributed by atoms with Crippen molar-refractivity contribution in [2.24, 2.45) is 0 Å². The van der Waals surface area contributed by atoms with Gasteiger partial charge in [-0.3, -0.25) is 0 Å². The van der Waals surface area contributed by atoms with E-state index in [0.29, 0.717) is 18.2 Å². The number of morpholine rings is 1. The summed E-state index contributed by atoms with van der Waals surface area (Å²) in [5.74, 6) is -1.51. The highest BCUT2D eigenvalue weighted by Crippen LogP contribution is 2.17. The summed E-state index contributed by atoms with van der Waals surface area (Å²) in [6, 6.07) is 6.04. The topological polar surface area (TPSA) is 71.5 Å². The van der Waals surface area contributed by atoms with Crippen LogP contribution in [-0.2, 0) is 21.3 Å². The number of benzene rings is 1. The van der Waals surface area contributed by atoms with Crippen LogP contribution >= 0.6 is 0 Å². The Bertz CT molecular complexity index is 875. The molecule has 3 rings (SSSR count). The summed E-state index contributed by atoms with van der Waals surface area (Å²) >= 11 is 0. The maximum absolute atomic E-state index is 13.2. The van der Waals surface area contributed by atoms with Crippen molar-refractivity contribution in [3.05, 3.63) is 53.7 Å². The van der Waals surface area contributed by atoms with Gasteiger partial charge in [-0.25, -0.2) is 26.9 Å². The smallest absolute Gasteiger partial charge is 0.240 e. The second-order valence-corrected chi connectivity index (χ2v) is 7.82. The van der Waals surface area contributed by atoms with E-state index in [4.69, 9.17) is 4.74 Å². The number of pyridine rings is 1. The van der Waals surface area contributed by atoms with Gasteiger partial charge < -0.3 is 9.64 Å². The first-order chi connectivity index (χ1) is 12.3. The van der Waals surface area contributed by atoms with Crippen LogP contribution in [0.25, 0.3) is 0 Å². The van der Waals surface area contributed by atoms with E-state index >= 15 is 0 Å². The lowest BCUT2D eigenvalue weighted by Gasteiger charge is -2.32. The highest BCUT2D eigenvalue weighted by Gasteiger charge is 2.19. The number of halogens is 2. The quantitative estimate of drug-likeness (QED) is 0.856. The Balaban J connectivity index is 1.64. The molecule has 0 spiro atoms. The largest absolute Gasteiger partial charge is 0.375 e.